The van der Waals surface area contributed by atoms with Crippen LogP contribution < -0.4 is 9.64 Å². The fourth-order valence-electron chi connectivity index (χ4n) is 4.52. The average Bonchev–Trinajstić information content (AvgIpc) is 2.67. The molecule has 0 spiro atoms. The van der Waals surface area contributed by atoms with E-state index in [0.29, 0.717) is 23.8 Å². The summed E-state index contributed by atoms with van der Waals surface area (Å²) >= 11 is 0. The number of nitrogens with zero attached hydrogens (tertiary/aromatic N) is 3. The first-order chi connectivity index (χ1) is 13.0. The summed E-state index contributed by atoms with van der Waals surface area (Å²) in [5.41, 5.74) is 2.75. The Morgan fingerprint density at radius 3 is 2.44 bits per heavy atom. The first kappa shape index (κ1) is 18.0. The lowest BCUT2D eigenvalue weighted by molar-refractivity contribution is 0.0962. The highest BCUT2D eigenvalue weighted by molar-refractivity contribution is 5.98. The highest BCUT2D eigenvalue weighted by Gasteiger charge is 2.30. The number of piperidine rings is 1. The van der Waals surface area contributed by atoms with Crippen LogP contribution in [0.2, 0.25) is 0 Å². The van der Waals surface area contributed by atoms with E-state index in [2.05, 4.69) is 35.9 Å². The summed E-state index contributed by atoms with van der Waals surface area (Å²) in [4.78, 5) is 24.3. The van der Waals surface area contributed by atoms with Gasteiger partial charge in [0, 0.05) is 25.7 Å². The Labute approximate surface area is 160 Å². The van der Waals surface area contributed by atoms with E-state index in [1.54, 1.807) is 13.3 Å². The van der Waals surface area contributed by atoms with Gasteiger partial charge in [0.15, 0.2) is 5.78 Å². The number of hydrogen-bond donors (Lipinski definition) is 0. The minimum atomic E-state index is 0.143. The third-order valence-corrected chi connectivity index (χ3v) is 5.77. The number of ketones is 1. The second-order valence-corrected chi connectivity index (χ2v) is 8.18. The predicted molar refractivity (Wildman–Crippen MR) is 106 cm³/mol. The molecule has 0 saturated carbocycles. The van der Waals surface area contributed by atoms with Gasteiger partial charge in [-0.25, -0.2) is 9.97 Å². The summed E-state index contributed by atoms with van der Waals surface area (Å²) in [6, 6.07) is 8.02. The van der Waals surface area contributed by atoms with Crippen molar-refractivity contribution in [1.82, 2.24) is 9.97 Å². The maximum atomic E-state index is 12.7. The Bertz CT molecular complexity index is 824. The molecule has 0 N–H and O–H groups in total. The molecule has 5 heteroatoms. The first-order valence-electron chi connectivity index (χ1n) is 9.81. The molecule has 1 aromatic carbocycles. The minimum absolute atomic E-state index is 0.143. The average molecular weight is 365 g/mol. The molecule has 5 nitrogen and oxygen atoms in total. The standard InChI is InChI=1S/C22H27N3O2/c1-14-8-15(2)13-25(12-14)22-23-11-19-20(24-22)9-17(10-21(19)26)16-4-6-18(27-3)7-5-16/h4-7,11,14-15,17H,8-10,12-13H2,1-3H3/t14-,15-,17+/m0/s1. The number of carbonyl (C=O) groups is 1. The van der Waals surface area contributed by atoms with Gasteiger partial charge in [-0.1, -0.05) is 26.0 Å². The molecule has 142 valence electrons. The monoisotopic (exact) mass is 365 g/mol. The van der Waals surface area contributed by atoms with Crippen molar-refractivity contribution in [2.45, 2.75) is 39.0 Å². The van der Waals surface area contributed by atoms with Gasteiger partial charge in [0.2, 0.25) is 5.95 Å². The number of fused-ring (bicyclic) bond motifs is 1. The van der Waals surface area contributed by atoms with Gasteiger partial charge in [0.1, 0.15) is 5.75 Å². The Morgan fingerprint density at radius 1 is 1.07 bits per heavy atom. The molecule has 4 rings (SSSR count). The summed E-state index contributed by atoms with van der Waals surface area (Å²) in [6.07, 6.45) is 4.29. The van der Waals surface area contributed by atoms with Crippen LogP contribution in [0.3, 0.4) is 0 Å². The van der Waals surface area contributed by atoms with Gasteiger partial charge in [-0.2, -0.15) is 0 Å². The van der Waals surface area contributed by atoms with Gasteiger partial charge in [-0.3, -0.25) is 4.79 Å². The highest BCUT2D eigenvalue weighted by atomic mass is 16.5. The van der Waals surface area contributed by atoms with Crippen molar-refractivity contribution in [2.75, 3.05) is 25.1 Å². The van der Waals surface area contributed by atoms with Crippen molar-refractivity contribution in [3.05, 3.63) is 47.3 Å². The van der Waals surface area contributed by atoms with Crippen LogP contribution in [-0.4, -0.2) is 36.0 Å². The lowest BCUT2D eigenvalue weighted by atomic mass is 9.82. The summed E-state index contributed by atoms with van der Waals surface area (Å²) < 4.78 is 5.24. The quantitative estimate of drug-likeness (QED) is 0.826. The Balaban J connectivity index is 1.59. The molecule has 3 atom stereocenters. The maximum absolute atomic E-state index is 12.7. The van der Waals surface area contributed by atoms with Gasteiger partial charge < -0.3 is 9.64 Å². The molecule has 0 amide bonds. The van der Waals surface area contributed by atoms with Gasteiger partial charge in [-0.05, 0) is 48.3 Å². The second-order valence-electron chi connectivity index (χ2n) is 8.18. The molecule has 27 heavy (non-hydrogen) atoms. The highest BCUT2D eigenvalue weighted by Crippen LogP contribution is 2.33. The molecule has 2 heterocycles. The van der Waals surface area contributed by atoms with Crippen molar-refractivity contribution in [3.8, 4) is 5.75 Å². The lowest BCUT2D eigenvalue weighted by Gasteiger charge is -2.35. The number of aromatic nitrogens is 2. The molecule has 0 radical (unpaired) electrons. The van der Waals surface area contributed by atoms with Gasteiger partial charge in [0.25, 0.3) is 0 Å². The summed E-state index contributed by atoms with van der Waals surface area (Å²) in [6.45, 7) is 6.53. The molecule has 2 aromatic rings. The molecular weight excluding hydrogens is 338 g/mol. The fraction of sp³-hybridized carbons (Fsp3) is 0.500. The molecule has 1 aromatic heterocycles. The first-order valence-corrected chi connectivity index (χ1v) is 9.81. The van der Waals surface area contributed by atoms with E-state index in [-0.39, 0.29) is 11.7 Å². The minimum Gasteiger partial charge on any atom is -0.497 e. The second kappa shape index (κ2) is 7.29. The zero-order chi connectivity index (χ0) is 19.0. The normalized spacial score (nSPS) is 25.2. The molecule has 1 saturated heterocycles. The summed E-state index contributed by atoms with van der Waals surface area (Å²) in [7, 11) is 1.66. The smallest absolute Gasteiger partial charge is 0.225 e. The third kappa shape index (κ3) is 3.68. The van der Waals surface area contributed by atoms with Crippen molar-refractivity contribution in [2.24, 2.45) is 11.8 Å². The van der Waals surface area contributed by atoms with Crippen molar-refractivity contribution >= 4 is 11.7 Å². The largest absolute Gasteiger partial charge is 0.497 e. The van der Waals surface area contributed by atoms with E-state index in [0.717, 1.165) is 42.5 Å². The van der Waals surface area contributed by atoms with Crippen LogP contribution in [0.15, 0.2) is 30.5 Å². The third-order valence-electron chi connectivity index (χ3n) is 5.77. The van der Waals surface area contributed by atoms with Crippen molar-refractivity contribution < 1.29 is 9.53 Å². The summed E-state index contributed by atoms with van der Waals surface area (Å²) in [5, 5.41) is 0. The SMILES string of the molecule is COc1ccc([C@H]2CC(=O)c3cnc(N4C[C@@H](C)C[C@H](C)C4)nc3C2)cc1. The lowest BCUT2D eigenvalue weighted by Crippen LogP contribution is -2.40. The predicted octanol–water partition coefficient (Wildman–Crippen LogP) is 3.88. The van der Waals surface area contributed by atoms with Crippen LogP contribution in [0.4, 0.5) is 5.95 Å². The number of anilines is 1. The van der Waals surface area contributed by atoms with Crippen molar-refractivity contribution in [3.63, 3.8) is 0 Å². The van der Waals surface area contributed by atoms with Gasteiger partial charge >= 0.3 is 0 Å². The summed E-state index contributed by atoms with van der Waals surface area (Å²) in [5.74, 6) is 3.19. The molecule has 1 fully saturated rings. The van der Waals surface area contributed by atoms with Crippen LogP contribution in [0.1, 0.15) is 54.2 Å². The van der Waals surface area contributed by atoms with E-state index in [4.69, 9.17) is 9.72 Å². The van der Waals surface area contributed by atoms with Crippen molar-refractivity contribution in [1.29, 1.82) is 0 Å². The van der Waals surface area contributed by atoms with Crippen LogP contribution in [0.5, 0.6) is 5.75 Å². The van der Waals surface area contributed by atoms with Crippen LogP contribution in [0, 0.1) is 11.8 Å². The maximum Gasteiger partial charge on any atom is 0.225 e. The zero-order valence-electron chi connectivity index (χ0n) is 16.3. The van der Waals surface area contributed by atoms with Crippen LogP contribution in [0.25, 0.3) is 0 Å². The van der Waals surface area contributed by atoms with E-state index in [1.807, 2.05) is 12.1 Å². The fourth-order valence-corrected chi connectivity index (χ4v) is 4.52. The number of Topliss-reactive ketones (excluding diaryl/α,β-unsaturated/α-hetero) is 1. The van der Waals surface area contributed by atoms with Gasteiger partial charge in [-0.15, -0.1) is 0 Å². The molecule has 0 unspecified atom stereocenters. The number of benzene rings is 1. The molecule has 1 aliphatic heterocycles. The number of ether oxygens (including phenoxy) is 1. The molecular formula is C22H27N3O2. The Hall–Kier alpha value is -2.43. The van der Waals surface area contributed by atoms with E-state index >= 15 is 0 Å². The molecule has 0 bridgehead atoms. The zero-order valence-corrected chi connectivity index (χ0v) is 16.3. The number of hydrogen-bond acceptors (Lipinski definition) is 5. The van der Waals surface area contributed by atoms with Gasteiger partial charge in [0.05, 0.1) is 18.4 Å². The Morgan fingerprint density at radius 2 is 1.78 bits per heavy atom. The number of methoxy groups -OCH3 is 1. The van der Waals surface area contributed by atoms with E-state index in [1.165, 1.54) is 6.42 Å². The molecule has 1 aliphatic carbocycles. The van der Waals surface area contributed by atoms with E-state index < -0.39 is 0 Å². The topological polar surface area (TPSA) is 55.3 Å². The van der Waals surface area contributed by atoms with E-state index in [9.17, 15) is 4.79 Å². The molecule has 2 aliphatic rings. The Kier molecular flexibility index (Phi) is 4.85. The number of rotatable bonds is 3. The number of carbonyl (C=O) groups excluding carboxylic acids is 1. The van der Waals surface area contributed by atoms with Crippen LogP contribution >= 0.6 is 0 Å². The van der Waals surface area contributed by atoms with Crippen LogP contribution in [-0.2, 0) is 6.42 Å².